The number of carbonyl (C=O) groups excluding carboxylic acids is 1. The molecule has 1 aromatic carbocycles. The van der Waals surface area contributed by atoms with Gasteiger partial charge in [0.15, 0.2) is 0 Å². The monoisotopic (exact) mass is 383 g/mol. The summed E-state index contributed by atoms with van der Waals surface area (Å²) in [6.45, 7) is 3.64. The van der Waals surface area contributed by atoms with Gasteiger partial charge in [-0.1, -0.05) is 18.4 Å². The molecule has 0 radical (unpaired) electrons. The molecule has 0 aliphatic rings. The van der Waals surface area contributed by atoms with Crippen LogP contribution in [-0.4, -0.2) is 42.5 Å². The highest BCUT2D eigenvalue weighted by Crippen LogP contribution is 2.34. The molecule has 0 saturated carbocycles. The van der Waals surface area contributed by atoms with Crippen molar-refractivity contribution in [3.05, 3.63) is 22.8 Å². The van der Waals surface area contributed by atoms with Gasteiger partial charge >= 0.3 is 14.6 Å². The summed E-state index contributed by atoms with van der Waals surface area (Å²) in [5.41, 5.74) is 2.20. The van der Waals surface area contributed by atoms with E-state index in [9.17, 15) is 19.0 Å². The number of halogens is 1. The van der Waals surface area contributed by atoms with Crippen molar-refractivity contribution in [1.82, 2.24) is 4.90 Å². The van der Waals surface area contributed by atoms with Crippen molar-refractivity contribution in [3.63, 3.8) is 0 Å². The second-order valence-corrected chi connectivity index (χ2v) is 6.15. The van der Waals surface area contributed by atoms with Crippen molar-refractivity contribution in [1.29, 1.82) is 5.26 Å². The smallest absolute Gasteiger partial charge is 0.369 e. The second kappa shape index (κ2) is 9.92. The van der Waals surface area contributed by atoms with Crippen LogP contribution in [0.2, 0.25) is 0 Å². The number of nitriles is 1. The summed E-state index contributed by atoms with van der Waals surface area (Å²) in [5.74, 6) is -1.23. The van der Waals surface area contributed by atoms with Crippen molar-refractivity contribution in [2.24, 2.45) is 4.99 Å². The number of alkyl halides is 1. The fourth-order valence-electron chi connectivity index (χ4n) is 2.27. The minimum absolute atomic E-state index is 0.245. The number of rotatable bonds is 8. The van der Waals surface area contributed by atoms with E-state index in [1.165, 1.54) is 0 Å². The third-order valence-corrected chi connectivity index (χ3v) is 3.76. The zero-order chi connectivity index (χ0) is 19.9. The molecule has 0 aromatic heterocycles. The SMILES string of the molecule is CCc1cc(NC(=O)C(F)O[P+](=O)O)c(CC)c(C#N)c1N=CN(C)C. The number of nitrogens with one attached hydrogen (secondary N) is 1. The highest BCUT2D eigenvalue weighted by molar-refractivity contribution is 7.32. The van der Waals surface area contributed by atoms with E-state index < -0.39 is 20.5 Å². The fraction of sp³-hybridized carbons (Fsp3) is 0.438. The van der Waals surface area contributed by atoms with Gasteiger partial charge in [0.1, 0.15) is 6.07 Å². The summed E-state index contributed by atoms with van der Waals surface area (Å²) in [4.78, 5) is 26.5. The number of carbonyl (C=O) groups is 1. The first-order valence-electron chi connectivity index (χ1n) is 7.82. The van der Waals surface area contributed by atoms with Crippen molar-refractivity contribution in [2.45, 2.75) is 33.0 Å². The Morgan fingerprint density at radius 3 is 2.65 bits per heavy atom. The Hall–Kier alpha value is -2.40. The number of aliphatic imine (C=N–C) groups is 1. The van der Waals surface area contributed by atoms with E-state index in [4.69, 9.17) is 4.89 Å². The Morgan fingerprint density at radius 1 is 1.54 bits per heavy atom. The van der Waals surface area contributed by atoms with Crippen molar-refractivity contribution in [2.75, 3.05) is 19.4 Å². The zero-order valence-electron chi connectivity index (χ0n) is 15.0. The number of anilines is 1. The van der Waals surface area contributed by atoms with Gasteiger partial charge in [-0.25, -0.2) is 4.99 Å². The zero-order valence-corrected chi connectivity index (χ0v) is 15.9. The Balaban J connectivity index is 3.40. The molecular formula is C16H21FN4O4P+. The van der Waals surface area contributed by atoms with Crippen LogP contribution in [0.15, 0.2) is 11.1 Å². The van der Waals surface area contributed by atoms with E-state index in [0.29, 0.717) is 29.7 Å². The molecule has 0 heterocycles. The molecule has 1 amide bonds. The molecule has 1 rings (SSSR count). The molecule has 0 bridgehead atoms. The molecule has 0 aliphatic heterocycles. The van der Waals surface area contributed by atoms with Crippen LogP contribution in [0.25, 0.3) is 0 Å². The summed E-state index contributed by atoms with van der Waals surface area (Å²) >= 11 is 0. The minimum atomic E-state index is -3.26. The number of benzene rings is 1. The van der Waals surface area contributed by atoms with Gasteiger partial charge in [0.05, 0.1) is 17.6 Å². The average Bonchev–Trinajstić information content (AvgIpc) is 2.58. The van der Waals surface area contributed by atoms with Crippen LogP contribution in [0, 0.1) is 11.3 Å². The number of hydrogen-bond donors (Lipinski definition) is 2. The third kappa shape index (κ3) is 5.56. The minimum Gasteiger partial charge on any atom is -0.369 e. The maximum atomic E-state index is 13.6. The lowest BCUT2D eigenvalue weighted by atomic mass is 9.96. The van der Waals surface area contributed by atoms with Gasteiger partial charge in [-0.2, -0.15) is 9.65 Å². The van der Waals surface area contributed by atoms with Crippen LogP contribution in [-0.2, 0) is 26.7 Å². The van der Waals surface area contributed by atoms with Crippen LogP contribution in [0.4, 0.5) is 15.8 Å². The van der Waals surface area contributed by atoms with E-state index in [0.717, 1.165) is 0 Å². The fourth-order valence-corrected chi connectivity index (χ4v) is 2.53. The van der Waals surface area contributed by atoms with E-state index in [-0.39, 0.29) is 11.3 Å². The Kier molecular flexibility index (Phi) is 8.26. The van der Waals surface area contributed by atoms with Gasteiger partial charge in [-0.15, -0.1) is 4.89 Å². The molecule has 2 N–H and O–H groups in total. The van der Waals surface area contributed by atoms with Gasteiger partial charge in [0, 0.05) is 24.3 Å². The predicted octanol–water partition coefficient (Wildman–Crippen LogP) is 2.80. The van der Waals surface area contributed by atoms with E-state index in [1.807, 2.05) is 6.92 Å². The molecule has 8 nitrogen and oxygen atoms in total. The summed E-state index contributed by atoms with van der Waals surface area (Å²) in [5, 5.41) is 11.9. The van der Waals surface area contributed by atoms with E-state index in [1.54, 1.807) is 38.3 Å². The molecule has 0 aliphatic carbocycles. The molecule has 10 heteroatoms. The molecule has 0 spiro atoms. The Labute approximate surface area is 152 Å². The first kappa shape index (κ1) is 21.6. The average molecular weight is 383 g/mol. The predicted molar refractivity (Wildman–Crippen MR) is 96.2 cm³/mol. The van der Waals surface area contributed by atoms with Crippen LogP contribution in [0.1, 0.15) is 30.5 Å². The highest BCUT2D eigenvalue weighted by atomic mass is 31.1. The first-order valence-corrected chi connectivity index (χ1v) is 8.95. The summed E-state index contributed by atoms with van der Waals surface area (Å²) in [6.07, 6.45) is -0.120. The van der Waals surface area contributed by atoms with Crippen LogP contribution < -0.4 is 5.32 Å². The van der Waals surface area contributed by atoms with E-state index in [2.05, 4.69) is 20.9 Å². The maximum Gasteiger partial charge on any atom is 0.698 e. The molecule has 0 fully saturated rings. The standard InChI is InChI=1S/C16H20FN4O4P/c1-5-10-7-13(20-16(22)15(17)25-26(23)24)11(6-2)12(8-18)14(10)19-9-21(3)4/h7,9,15H,5-6H2,1-4H3,(H-,20,22,23,24)/p+1. The third-order valence-electron chi connectivity index (χ3n) is 3.40. The molecule has 0 saturated heterocycles. The summed E-state index contributed by atoms with van der Waals surface area (Å²) in [7, 11) is 0.336. The Morgan fingerprint density at radius 2 is 2.19 bits per heavy atom. The summed E-state index contributed by atoms with van der Waals surface area (Å²) in [6, 6.07) is 3.71. The highest BCUT2D eigenvalue weighted by Gasteiger charge is 2.30. The Bertz CT molecular complexity index is 762. The number of amides is 1. The van der Waals surface area contributed by atoms with Gasteiger partial charge in [0.2, 0.25) is 0 Å². The lowest BCUT2D eigenvalue weighted by molar-refractivity contribution is -0.130. The van der Waals surface area contributed by atoms with Crippen LogP contribution in [0.5, 0.6) is 0 Å². The second-order valence-electron chi connectivity index (χ2n) is 5.46. The van der Waals surface area contributed by atoms with Gasteiger partial charge in [0.25, 0.3) is 5.91 Å². The number of nitrogens with zero attached hydrogens (tertiary/aromatic N) is 3. The van der Waals surface area contributed by atoms with Gasteiger partial charge in [-0.3, -0.25) is 4.79 Å². The molecular weight excluding hydrogens is 362 g/mol. The largest absolute Gasteiger partial charge is 0.698 e. The summed E-state index contributed by atoms with van der Waals surface area (Å²) < 4.78 is 28.0. The number of aryl methyl sites for hydroxylation is 1. The number of hydrogen-bond acceptors (Lipinski definition) is 5. The molecule has 2 unspecified atom stereocenters. The van der Waals surface area contributed by atoms with Crippen LogP contribution >= 0.6 is 8.25 Å². The normalized spacial score (nSPS) is 12.6. The molecule has 140 valence electrons. The molecule has 2 atom stereocenters. The van der Waals surface area contributed by atoms with Crippen molar-refractivity contribution in [3.8, 4) is 6.07 Å². The van der Waals surface area contributed by atoms with Gasteiger partial charge in [-0.05, 0) is 30.0 Å². The lowest BCUT2D eigenvalue weighted by Crippen LogP contribution is -2.25. The van der Waals surface area contributed by atoms with Gasteiger partial charge < -0.3 is 10.2 Å². The topological polar surface area (TPSA) is 115 Å². The molecule has 1 aromatic rings. The van der Waals surface area contributed by atoms with E-state index >= 15 is 0 Å². The maximum absolute atomic E-state index is 13.6. The quantitative estimate of drug-likeness (QED) is 0.405. The van der Waals surface area contributed by atoms with Crippen molar-refractivity contribution < 1.29 is 23.2 Å². The first-order chi connectivity index (χ1) is 12.2. The van der Waals surface area contributed by atoms with Crippen molar-refractivity contribution >= 4 is 31.9 Å². The van der Waals surface area contributed by atoms with Crippen LogP contribution in [0.3, 0.4) is 0 Å². The molecule has 26 heavy (non-hydrogen) atoms. The lowest BCUT2D eigenvalue weighted by Gasteiger charge is -2.17.